The van der Waals surface area contributed by atoms with Crippen molar-refractivity contribution in [3.8, 4) is 11.1 Å². The minimum atomic E-state index is 0.242. The van der Waals surface area contributed by atoms with E-state index in [0.717, 1.165) is 37.5 Å². The van der Waals surface area contributed by atoms with E-state index in [1.165, 1.54) is 42.5 Å². The average Bonchev–Trinajstić information content (AvgIpc) is 3.10. The molecule has 0 radical (unpaired) electrons. The minimum Gasteiger partial charge on any atom is -0.334 e. The van der Waals surface area contributed by atoms with Gasteiger partial charge in [0.1, 0.15) is 0 Å². The van der Waals surface area contributed by atoms with Crippen LogP contribution < -0.4 is 0 Å². The monoisotopic (exact) mass is 346 g/mol. The number of carbonyl (C=O) groups is 1. The molecule has 2 aliphatic heterocycles. The molecule has 2 heterocycles. The van der Waals surface area contributed by atoms with Crippen LogP contribution in [-0.2, 0) is 6.42 Å². The smallest absolute Gasteiger partial charge is 0.254 e. The number of likely N-dealkylation sites (tertiary alicyclic amines) is 1. The summed E-state index contributed by atoms with van der Waals surface area (Å²) in [6.07, 6.45) is 6.20. The Morgan fingerprint density at radius 2 is 1.69 bits per heavy atom. The lowest BCUT2D eigenvalue weighted by atomic mass is 9.92. The largest absolute Gasteiger partial charge is 0.334 e. The van der Waals surface area contributed by atoms with E-state index < -0.39 is 0 Å². The molecule has 1 saturated carbocycles. The number of hydrogen-bond acceptors (Lipinski definition) is 2. The van der Waals surface area contributed by atoms with Crippen molar-refractivity contribution in [3.63, 3.8) is 0 Å². The maximum Gasteiger partial charge on any atom is 0.254 e. The van der Waals surface area contributed by atoms with E-state index in [9.17, 15) is 4.79 Å². The number of rotatable bonds is 3. The highest BCUT2D eigenvalue weighted by Gasteiger charge is 2.37. The molecule has 0 bridgehead atoms. The molecule has 2 aromatic rings. The molecule has 3 heteroatoms. The molecule has 134 valence electrons. The zero-order valence-corrected chi connectivity index (χ0v) is 15.2. The standard InChI is InChI=1S/C23H26N2O/c26-23-22-10-9-18(17-5-2-1-3-6-17)15-19(22)11-14-25(23)21-12-13-24(16-21)20-7-4-8-20/h1-3,5-6,9-10,15,20-21H,4,7-8,11-14,16H2/t21-/m0/s1. The lowest BCUT2D eigenvalue weighted by Crippen LogP contribution is -2.47. The van der Waals surface area contributed by atoms with E-state index in [0.29, 0.717) is 6.04 Å². The summed E-state index contributed by atoms with van der Waals surface area (Å²) in [7, 11) is 0. The Morgan fingerprint density at radius 1 is 0.846 bits per heavy atom. The summed E-state index contributed by atoms with van der Waals surface area (Å²) in [5.41, 5.74) is 4.55. The maximum atomic E-state index is 13.1. The van der Waals surface area contributed by atoms with Crippen LogP contribution in [0.15, 0.2) is 48.5 Å². The molecule has 3 aliphatic rings. The van der Waals surface area contributed by atoms with Gasteiger partial charge in [0, 0.05) is 37.3 Å². The molecule has 0 unspecified atom stereocenters. The molecule has 5 rings (SSSR count). The van der Waals surface area contributed by atoms with Crippen LogP contribution >= 0.6 is 0 Å². The van der Waals surface area contributed by atoms with Crippen molar-refractivity contribution in [1.82, 2.24) is 9.80 Å². The van der Waals surface area contributed by atoms with Crippen LogP contribution in [0.2, 0.25) is 0 Å². The predicted octanol–water partition coefficient (Wildman–Crippen LogP) is 3.98. The topological polar surface area (TPSA) is 23.6 Å². The zero-order chi connectivity index (χ0) is 17.5. The Bertz CT molecular complexity index is 812. The fourth-order valence-electron chi connectivity index (χ4n) is 4.77. The Morgan fingerprint density at radius 3 is 2.46 bits per heavy atom. The average molecular weight is 346 g/mol. The van der Waals surface area contributed by atoms with Crippen molar-refractivity contribution in [1.29, 1.82) is 0 Å². The zero-order valence-electron chi connectivity index (χ0n) is 15.2. The third-order valence-corrected chi connectivity index (χ3v) is 6.55. The summed E-state index contributed by atoms with van der Waals surface area (Å²) in [5, 5.41) is 0. The lowest BCUT2D eigenvalue weighted by Gasteiger charge is -2.37. The molecular weight excluding hydrogens is 320 g/mol. The molecule has 2 aromatic carbocycles. The van der Waals surface area contributed by atoms with Crippen molar-refractivity contribution in [3.05, 3.63) is 59.7 Å². The summed E-state index contributed by atoms with van der Waals surface area (Å²) < 4.78 is 0. The van der Waals surface area contributed by atoms with Gasteiger partial charge in [0.2, 0.25) is 0 Å². The highest BCUT2D eigenvalue weighted by atomic mass is 16.2. The van der Waals surface area contributed by atoms with Gasteiger partial charge in [-0.1, -0.05) is 48.9 Å². The second kappa shape index (κ2) is 6.55. The van der Waals surface area contributed by atoms with Gasteiger partial charge < -0.3 is 4.90 Å². The fraction of sp³-hybridized carbons (Fsp3) is 0.435. The summed E-state index contributed by atoms with van der Waals surface area (Å²) >= 11 is 0. The molecule has 1 amide bonds. The van der Waals surface area contributed by atoms with Crippen LogP contribution in [0.1, 0.15) is 41.6 Å². The number of hydrogen-bond donors (Lipinski definition) is 0. The Kier molecular flexibility index (Phi) is 4.05. The normalized spacial score (nSPS) is 23.8. The van der Waals surface area contributed by atoms with Crippen molar-refractivity contribution in [2.24, 2.45) is 0 Å². The molecule has 1 atom stereocenters. The number of nitrogens with zero attached hydrogens (tertiary/aromatic N) is 2. The SMILES string of the molecule is O=C1c2ccc(-c3ccccc3)cc2CCN1[C@H]1CCN(C2CCC2)C1. The minimum absolute atomic E-state index is 0.242. The molecular formula is C23H26N2O. The van der Waals surface area contributed by atoms with Crippen molar-refractivity contribution >= 4 is 5.91 Å². The van der Waals surface area contributed by atoms with Gasteiger partial charge >= 0.3 is 0 Å². The van der Waals surface area contributed by atoms with E-state index in [4.69, 9.17) is 0 Å². The van der Waals surface area contributed by atoms with Gasteiger partial charge in [0.05, 0.1) is 0 Å². The number of carbonyl (C=O) groups excluding carboxylic acids is 1. The van der Waals surface area contributed by atoms with Gasteiger partial charge in [-0.2, -0.15) is 0 Å². The molecule has 0 spiro atoms. The van der Waals surface area contributed by atoms with Crippen molar-refractivity contribution in [2.45, 2.75) is 44.2 Å². The first-order chi connectivity index (χ1) is 12.8. The van der Waals surface area contributed by atoms with Gasteiger partial charge in [-0.15, -0.1) is 0 Å². The third-order valence-electron chi connectivity index (χ3n) is 6.55. The second-order valence-electron chi connectivity index (χ2n) is 8.01. The first-order valence-electron chi connectivity index (χ1n) is 10.0. The van der Waals surface area contributed by atoms with E-state index in [1.807, 2.05) is 12.1 Å². The quantitative estimate of drug-likeness (QED) is 0.839. The molecule has 1 saturated heterocycles. The second-order valence-corrected chi connectivity index (χ2v) is 8.01. The van der Waals surface area contributed by atoms with Crippen molar-refractivity contribution in [2.75, 3.05) is 19.6 Å². The van der Waals surface area contributed by atoms with E-state index >= 15 is 0 Å². The number of amides is 1. The van der Waals surface area contributed by atoms with Gasteiger partial charge in [0.15, 0.2) is 0 Å². The molecule has 1 aliphatic carbocycles. The third kappa shape index (κ3) is 2.75. The maximum absolute atomic E-state index is 13.1. The van der Waals surface area contributed by atoms with Gasteiger partial charge in [-0.05, 0) is 48.4 Å². The van der Waals surface area contributed by atoms with Gasteiger partial charge in [-0.3, -0.25) is 9.69 Å². The Hall–Kier alpha value is -2.13. The summed E-state index contributed by atoms with van der Waals surface area (Å²) in [6, 6.07) is 18.0. The summed E-state index contributed by atoms with van der Waals surface area (Å²) in [4.78, 5) is 17.9. The van der Waals surface area contributed by atoms with Crippen LogP contribution in [-0.4, -0.2) is 47.4 Å². The van der Waals surface area contributed by atoms with Crippen LogP contribution in [0.3, 0.4) is 0 Å². The molecule has 2 fully saturated rings. The first-order valence-corrected chi connectivity index (χ1v) is 10.0. The molecule has 3 nitrogen and oxygen atoms in total. The van der Waals surface area contributed by atoms with Crippen LogP contribution in [0.25, 0.3) is 11.1 Å². The van der Waals surface area contributed by atoms with Crippen LogP contribution in [0, 0.1) is 0 Å². The Balaban J connectivity index is 1.34. The van der Waals surface area contributed by atoms with E-state index in [-0.39, 0.29) is 5.91 Å². The highest BCUT2D eigenvalue weighted by molar-refractivity contribution is 5.97. The molecule has 0 N–H and O–H groups in total. The van der Waals surface area contributed by atoms with E-state index in [2.05, 4.69) is 46.2 Å². The number of fused-ring (bicyclic) bond motifs is 1. The van der Waals surface area contributed by atoms with Gasteiger partial charge in [-0.25, -0.2) is 0 Å². The Labute approximate surface area is 155 Å². The lowest BCUT2D eigenvalue weighted by molar-refractivity contribution is 0.0647. The molecule has 26 heavy (non-hydrogen) atoms. The van der Waals surface area contributed by atoms with Crippen LogP contribution in [0.4, 0.5) is 0 Å². The first kappa shape index (κ1) is 16.1. The fourth-order valence-corrected chi connectivity index (χ4v) is 4.77. The van der Waals surface area contributed by atoms with Gasteiger partial charge in [0.25, 0.3) is 5.91 Å². The van der Waals surface area contributed by atoms with Crippen molar-refractivity contribution < 1.29 is 4.79 Å². The summed E-state index contributed by atoms with van der Waals surface area (Å²) in [5.74, 6) is 0.242. The number of benzene rings is 2. The highest BCUT2D eigenvalue weighted by Crippen LogP contribution is 2.32. The van der Waals surface area contributed by atoms with E-state index in [1.54, 1.807) is 0 Å². The van der Waals surface area contributed by atoms with Crippen LogP contribution in [0.5, 0.6) is 0 Å². The molecule has 0 aromatic heterocycles. The summed E-state index contributed by atoms with van der Waals surface area (Å²) in [6.45, 7) is 3.11. The predicted molar refractivity (Wildman–Crippen MR) is 104 cm³/mol.